The van der Waals surface area contributed by atoms with Crippen molar-refractivity contribution < 1.29 is 9.47 Å². The van der Waals surface area contributed by atoms with E-state index in [0.29, 0.717) is 6.61 Å². The molecule has 0 amide bonds. The third kappa shape index (κ3) is 1.17. The Labute approximate surface area is 66.8 Å². The monoisotopic (exact) mass is 157 g/mol. The summed E-state index contributed by atoms with van der Waals surface area (Å²) in [5.41, 5.74) is 5.91. The third-order valence-electron chi connectivity index (χ3n) is 2.78. The Morgan fingerprint density at radius 3 is 2.82 bits per heavy atom. The fourth-order valence-corrected chi connectivity index (χ4v) is 2.00. The van der Waals surface area contributed by atoms with Crippen LogP contribution in [0.3, 0.4) is 0 Å². The highest BCUT2D eigenvalue weighted by Crippen LogP contribution is 2.33. The average Bonchev–Trinajstić information content (AvgIpc) is 2.46. The molecule has 2 heterocycles. The highest BCUT2D eigenvalue weighted by atomic mass is 16.5. The molecule has 3 heteroatoms. The molecule has 2 saturated heterocycles. The second kappa shape index (κ2) is 2.73. The van der Waals surface area contributed by atoms with E-state index >= 15 is 0 Å². The van der Waals surface area contributed by atoms with Gasteiger partial charge in [-0.3, -0.25) is 0 Å². The van der Waals surface area contributed by atoms with Crippen molar-refractivity contribution in [3.05, 3.63) is 0 Å². The maximum Gasteiger partial charge on any atom is 0.0877 e. The van der Waals surface area contributed by atoms with Crippen LogP contribution in [0.1, 0.15) is 19.3 Å². The molecule has 0 aromatic carbocycles. The van der Waals surface area contributed by atoms with E-state index in [1.165, 1.54) is 0 Å². The first-order valence-electron chi connectivity index (χ1n) is 4.31. The van der Waals surface area contributed by atoms with Gasteiger partial charge in [-0.1, -0.05) is 0 Å². The van der Waals surface area contributed by atoms with Gasteiger partial charge in [0.1, 0.15) is 0 Å². The van der Waals surface area contributed by atoms with Crippen molar-refractivity contribution in [1.29, 1.82) is 0 Å². The minimum absolute atomic E-state index is 0.0156. The van der Waals surface area contributed by atoms with Crippen LogP contribution in [-0.4, -0.2) is 31.5 Å². The Bertz CT molecular complexity index is 143. The van der Waals surface area contributed by atoms with E-state index in [-0.39, 0.29) is 11.6 Å². The Morgan fingerprint density at radius 1 is 1.27 bits per heavy atom. The summed E-state index contributed by atoms with van der Waals surface area (Å²) in [6, 6.07) is 0.0961. The lowest BCUT2D eigenvalue weighted by Gasteiger charge is -2.37. The number of hydrogen-bond acceptors (Lipinski definition) is 3. The van der Waals surface area contributed by atoms with Crippen molar-refractivity contribution in [3.8, 4) is 0 Å². The molecule has 2 unspecified atom stereocenters. The van der Waals surface area contributed by atoms with Crippen LogP contribution in [-0.2, 0) is 9.47 Å². The van der Waals surface area contributed by atoms with Gasteiger partial charge >= 0.3 is 0 Å². The normalized spacial score (nSPS) is 45.0. The Morgan fingerprint density at radius 2 is 2.18 bits per heavy atom. The van der Waals surface area contributed by atoms with Crippen molar-refractivity contribution in [2.75, 3.05) is 19.8 Å². The average molecular weight is 157 g/mol. The molecule has 11 heavy (non-hydrogen) atoms. The number of ether oxygens (including phenoxy) is 2. The molecule has 2 rings (SSSR count). The Balaban J connectivity index is 2.07. The van der Waals surface area contributed by atoms with E-state index < -0.39 is 0 Å². The van der Waals surface area contributed by atoms with Crippen LogP contribution in [0.5, 0.6) is 0 Å². The molecule has 0 aromatic heterocycles. The van der Waals surface area contributed by atoms with Gasteiger partial charge in [-0.2, -0.15) is 0 Å². The minimum Gasteiger partial charge on any atom is -0.380 e. The lowest BCUT2D eigenvalue weighted by atomic mass is 9.87. The molecule has 2 N–H and O–H groups in total. The number of rotatable bonds is 0. The summed E-state index contributed by atoms with van der Waals surface area (Å²) in [5.74, 6) is 0. The molecule has 0 saturated carbocycles. The first-order chi connectivity index (χ1) is 5.33. The molecule has 2 fully saturated rings. The molecule has 2 atom stereocenters. The predicted molar refractivity (Wildman–Crippen MR) is 41.3 cm³/mol. The van der Waals surface area contributed by atoms with Crippen LogP contribution < -0.4 is 5.73 Å². The maximum absolute atomic E-state index is 5.93. The smallest absolute Gasteiger partial charge is 0.0877 e. The van der Waals surface area contributed by atoms with E-state index in [4.69, 9.17) is 15.2 Å². The lowest BCUT2D eigenvalue weighted by molar-refractivity contribution is -0.0927. The quantitative estimate of drug-likeness (QED) is 0.549. The Kier molecular flexibility index (Phi) is 1.87. The molecule has 0 aromatic rings. The van der Waals surface area contributed by atoms with Crippen molar-refractivity contribution in [2.24, 2.45) is 5.73 Å². The molecular weight excluding hydrogens is 142 g/mol. The van der Waals surface area contributed by atoms with Gasteiger partial charge in [0, 0.05) is 19.6 Å². The van der Waals surface area contributed by atoms with Gasteiger partial charge in [0.25, 0.3) is 0 Å². The summed E-state index contributed by atoms with van der Waals surface area (Å²) in [6.07, 6.45) is 3.26. The molecule has 64 valence electrons. The second-order valence-corrected chi connectivity index (χ2v) is 3.45. The van der Waals surface area contributed by atoms with Crippen LogP contribution in [0, 0.1) is 0 Å². The second-order valence-electron chi connectivity index (χ2n) is 3.45. The summed E-state index contributed by atoms with van der Waals surface area (Å²) in [4.78, 5) is 0. The molecule has 0 radical (unpaired) electrons. The van der Waals surface area contributed by atoms with Crippen LogP contribution in [0.2, 0.25) is 0 Å². The van der Waals surface area contributed by atoms with E-state index in [0.717, 1.165) is 32.5 Å². The highest BCUT2D eigenvalue weighted by Gasteiger charge is 2.42. The van der Waals surface area contributed by atoms with Crippen LogP contribution in [0.25, 0.3) is 0 Å². The minimum atomic E-state index is -0.0156. The molecule has 1 spiro atoms. The van der Waals surface area contributed by atoms with Gasteiger partial charge < -0.3 is 15.2 Å². The first-order valence-corrected chi connectivity index (χ1v) is 4.31. The fraction of sp³-hybridized carbons (Fsp3) is 1.00. The van der Waals surface area contributed by atoms with E-state index in [1.807, 2.05) is 0 Å². The van der Waals surface area contributed by atoms with Crippen molar-refractivity contribution in [2.45, 2.75) is 30.9 Å². The third-order valence-corrected chi connectivity index (χ3v) is 2.78. The topological polar surface area (TPSA) is 44.5 Å². The van der Waals surface area contributed by atoms with Gasteiger partial charge in [-0.25, -0.2) is 0 Å². The fourth-order valence-electron chi connectivity index (χ4n) is 2.00. The van der Waals surface area contributed by atoms with Gasteiger partial charge in [0.2, 0.25) is 0 Å². The van der Waals surface area contributed by atoms with Gasteiger partial charge in [-0.05, 0) is 12.8 Å². The summed E-state index contributed by atoms with van der Waals surface area (Å²) in [6.45, 7) is 2.36. The standard InChI is InChI=1S/C8H15NO2/c9-7-6-10-5-3-8(7)2-1-4-11-8/h7H,1-6,9H2. The molecule has 2 aliphatic rings. The SMILES string of the molecule is NC1COCCC12CCCO2. The summed E-state index contributed by atoms with van der Waals surface area (Å²) in [7, 11) is 0. The number of nitrogens with two attached hydrogens (primary N) is 1. The zero-order chi connectivity index (χ0) is 7.73. The zero-order valence-electron chi connectivity index (χ0n) is 6.71. The van der Waals surface area contributed by atoms with Crippen LogP contribution in [0.4, 0.5) is 0 Å². The molecule has 2 aliphatic heterocycles. The Hall–Kier alpha value is -0.120. The van der Waals surface area contributed by atoms with Crippen molar-refractivity contribution >= 4 is 0 Å². The van der Waals surface area contributed by atoms with Crippen molar-refractivity contribution in [1.82, 2.24) is 0 Å². The predicted octanol–water partition coefficient (Wildman–Crippen LogP) is 0.283. The number of hydrogen-bond donors (Lipinski definition) is 1. The van der Waals surface area contributed by atoms with E-state index in [2.05, 4.69) is 0 Å². The van der Waals surface area contributed by atoms with Crippen molar-refractivity contribution in [3.63, 3.8) is 0 Å². The molecular formula is C8H15NO2. The zero-order valence-corrected chi connectivity index (χ0v) is 6.71. The molecule has 0 bridgehead atoms. The molecule has 3 nitrogen and oxygen atoms in total. The largest absolute Gasteiger partial charge is 0.380 e. The first kappa shape index (κ1) is 7.53. The highest BCUT2D eigenvalue weighted by molar-refractivity contribution is 4.96. The summed E-state index contributed by atoms with van der Waals surface area (Å²) >= 11 is 0. The van der Waals surface area contributed by atoms with Crippen LogP contribution >= 0.6 is 0 Å². The maximum atomic E-state index is 5.93. The summed E-state index contributed by atoms with van der Waals surface area (Å²) in [5, 5.41) is 0. The van der Waals surface area contributed by atoms with Gasteiger partial charge in [0.05, 0.1) is 18.2 Å². The molecule has 0 aliphatic carbocycles. The lowest BCUT2D eigenvalue weighted by Crippen LogP contribution is -2.54. The van der Waals surface area contributed by atoms with E-state index in [9.17, 15) is 0 Å². The van der Waals surface area contributed by atoms with E-state index in [1.54, 1.807) is 0 Å². The summed E-state index contributed by atoms with van der Waals surface area (Å²) < 4.78 is 11.0. The van der Waals surface area contributed by atoms with Crippen LogP contribution in [0.15, 0.2) is 0 Å². The van der Waals surface area contributed by atoms with Gasteiger partial charge in [-0.15, -0.1) is 0 Å². The van der Waals surface area contributed by atoms with Gasteiger partial charge in [0.15, 0.2) is 0 Å².